The largest absolute Gasteiger partial charge is 0.348 e. The fourth-order valence-electron chi connectivity index (χ4n) is 2.20. The van der Waals surface area contributed by atoms with E-state index in [2.05, 4.69) is 10.4 Å². The Bertz CT molecular complexity index is 634. The fraction of sp³-hybridized carbons (Fsp3) is 0.333. The van der Waals surface area contributed by atoms with Gasteiger partial charge in [0.25, 0.3) is 5.91 Å². The van der Waals surface area contributed by atoms with Gasteiger partial charge in [0.15, 0.2) is 0 Å². The molecular formula is C15H18ClN3O. The number of amides is 1. The maximum absolute atomic E-state index is 12.2. The van der Waals surface area contributed by atoms with Crippen LogP contribution >= 0.6 is 11.6 Å². The minimum Gasteiger partial charge on any atom is -0.348 e. The number of carbonyl (C=O) groups excluding carboxylic acids is 1. The highest BCUT2D eigenvalue weighted by Gasteiger charge is 2.16. The van der Waals surface area contributed by atoms with Gasteiger partial charge in [0, 0.05) is 25.2 Å². The van der Waals surface area contributed by atoms with E-state index in [0.29, 0.717) is 18.0 Å². The minimum absolute atomic E-state index is 0.0932. The molecule has 1 amide bonds. The molecule has 0 saturated heterocycles. The zero-order valence-corrected chi connectivity index (χ0v) is 12.7. The number of nitrogens with one attached hydrogen (secondary N) is 1. The van der Waals surface area contributed by atoms with Gasteiger partial charge in [-0.2, -0.15) is 5.10 Å². The van der Waals surface area contributed by atoms with Gasteiger partial charge in [-0.15, -0.1) is 11.6 Å². The quantitative estimate of drug-likeness (QED) is 0.881. The Hall–Kier alpha value is -1.81. The summed E-state index contributed by atoms with van der Waals surface area (Å²) in [5.41, 5.74) is 4.36. The summed E-state index contributed by atoms with van der Waals surface area (Å²) < 4.78 is 1.72. The number of rotatable bonds is 4. The lowest BCUT2D eigenvalue weighted by Crippen LogP contribution is -2.24. The summed E-state index contributed by atoms with van der Waals surface area (Å²) in [6.07, 6.45) is 0. The predicted octanol–water partition coefficient (Wildman–Crippen LogP) is 2.71. The molecule has 0 unspecified atom stereocenters. The molecule has 2 rings (SSSR count). The van der Waals surface area contributed by atoms with Crippen LogP contribution in [0.3, 0.4) is 0 Å². The first-order valence-corrected chi connectivity index (χ1v) is 6.98. The Kier molecular flexibility index (Phi) is 4.45. The van der Waals surface area contributed by atoms with Crippen LogP contribution in [-0.4, -0.2) is 15.7 Å². The molecule has 0 saturated carbocycles. The van der Waals surface area contributed by atoms with Crippen LogP contribution < -0.4 is 5.32 Å². The Morgan fingerprint density at radius 1 is 1.35 bits per heavy atom. The zero-order valence-electron chi connectivity index (χ0n) is 11.9. The second-order valence-corrected chi connectivity index (χ2v) is 5.07. The molecule has 1 heterocycles. The van der Waals surface area contributed by atoms with Crippen molar-refractivity contribution in [2.75, 3.05) is 0 Å². The molecule has 0 spiro atoms. The van der Waals surface area contributed by atoms with E-state index in [9.17, 15) is 4.79 Å². The molecule has 0 fully saturated rings. The highest BCUT2D eigenvalue weighted by molar-refractivity contribution is 6.17. The van der Waals surface area contributed by atoms with Gasteiger partial charge in [-0.25, -0.2) is 0 Å². The van der Waals surface area contributed by atoms with Crippen molar-refractivity contribution in [1.82, 2.24) is 15.1 Å². The number of aryl methyl sites for hydroxylation is 2. The number of alkyl halides is 1. The van der Waals surface area contributed by atoms with Crippen LogP contribution in [0.2, 0.25) is 0 Å². The van der Waals surface area contributed by atoms with Crippen molar-refractivity contribution < 1.29 is 4.79 Å². The second-order valence-electron chi connectivity index (χ2n) is 4.81. The second kappa shape index (κ2) is 6.09. The van der Waals surface area contributed by atoms with E-state index in [1.807, 2.05) is 45.2 Å². The molecule has 0 aliphatic rings. The van der Waals surface area contributed by atoms with Crippen LogP contribution in [0, 0.1) is 13.8 Å². The molecular weight excluding hydrogens is 274 g/mol. The van der Waals surface area contributed by atoms with Crippen LogP contribution in [0.5, 0.6) is 0 Å². The highest BCUT2D eigenvalue weighted by Crippen LogP contribution is 2.12. The minimum atomic E-state index is -0.0932. The average molecular weight is 292 g/mol. The van der Waals surface area contributed by atoms with Gasteiger partial charge >= 0.3 is 0 Å². The molecule has 1 aromatic heterocycles. The lowest BCUT2D eigenvalue weighted by molar-refractivity contribution is 0.0949. The molecule has 1 N–H and O–H groups in total. The number of halogens is 1. The van der Waals surface area contributed by atoms with Crippen molar-refractivity contribution in [3.63, 3.8) is 0 Å². The van der Waals surface area contributed by atoms with Gasteiger partial charge in [0.05, 0.1) is 11.3 Å². The van der Waals surface area contributed by atoms with Gasteiger partial charge in [0.2, 0.25) is 0 Å². The number of benzene rings is 1. The maximum atomic E-state index is 12.2. The third-order valence-electron chi connectivity index (χ3n) is 3.33. The lowest BCUT2D eigenvalue weighted by atomic mass is 10.1. The molecule has 0 bridgehead atoms. The topological polar surface area (TPSA) is 46.9 Å². The van der Waals surface area contributed by atoms with Crippen LogP contribution in [-0.2, 0) is 19.5 Å². The maximum Gasteiger partial charge on any atom is 0.255 e. The fourth-order valence-corrected chi connectivity index (χ4v) is 2.36. The Labute approximate surface area is 123 Å². The Morgan fingerprint density at radius 3 is 2.65 bits per heavy atom. The molecule has 1 aromatic carbocycles. The predicted molar refractivity (Wildman–Crippen MR) is 79.9 cm³/mol. The monoisotopic (exact) mass is 291 g/mol. The number of aromatic nitrogens is 2. The van der Waals surface area contributed by atoms with Crippen LogP contribution in [0.1, 0.15) is 32.9 Å². The summed E-state index contributed by atoms with van der Waals surface area (Å²) in [7, 11) is 1.84. The van der Waals surface area contributed by atoms with Gasteiger partial charge in [-0.1, -0.05) is 24.3 Å². The van der Waals surface area contributed by atoms with E-state index >= 15 is 0 Å². The van der Waals surface area contributed by atoms with Crippen LogP contribution in [0.25, 0.3) is 0 Å². The summed E-state index contributed by atoms with van der Waals surface area (Å²) in [5.74, 6) is 0.382. The lowest BCUT2D eigenvalue weighted by Gasteiger charge is -2.07. The van der Waals surface area contributed by atoms with Crippen LogP contribution in [0.4, 0.5) is 0 Å². The summed E-state index contributed by atoms with van der Waals surface area (Å²) in [5, 5.41) is 7.18. The van der Waals surface area contributed by atoms with E-state index in [1.54, 1.807) is 4.68 Å². The first-order chi connectivity index (χ1) is 9.52. The van der Waals surface area contributed by atoms with E-state index in [0.717, 1.165) is 22.5 Å². The number of hydrogen-bond donors (Lipinski definition) is 1. The molecule has 4 nitrogen and oxygen atoms in total. The van der Waals surface area contributed by atoms with E-state index in [4.69, 9.17) is 11.6 Å². The SMILES string of the molecule is Cc1nn(C)c(C)c1C(=O)NCc1cccc(CCl)c1. The molecule has 5 heteroatoms. The summed E-state index contributed by atoms with van der Waals surface area (Å²) in [6.45, 7) is 4.22. The summed E-state index contributed by atoms with van der Waals surface area (Å²) in [4.78, 5) is 12.2. The van der Waals surface area contributed by atoms with Crippen molar-refractivity contribution in [3.8, 4) is 0 Å². The number of hydrogen-bond acceptors (Lipinski definition) is 2. The molecule has 20 heavy (non-hydrogen) atoms. The highest BCUT2D eigenvalue weighted by atomic mass is 35.5. The molecule has 0 radical (unpaired) electrons. The smallest absolute Gasteiger partial charge is 0.255 e. The van der Waals surface area contributed by atoms with Crippen molar-refractivity contribution in [3.05, 3.63) is 52.3 Å². The Balaban J connectivity index is 2.08. The first kappa shape index (κ1) is 14.6. The van der Waals surface area contributed by atoms with Gasteiger partial charge in [0.1, 0.15) is 0 Å². The number of carbonyl (C=O) groups is 1. The van der Waals surface area contributed by atoms with Crippen molar-refractivity contribution in [2.45, 2.75) is 26.3 Å². The molecule has 2 aromatic rings. The molecule has 0 aliphatic heterocycles. The van der Waals surface area contributed by atoms with Crippen LogP contribution in [0.15, 0.2) is 24.3 Å². The summed E-state index contributed by atoms with van der Waals surface area (Å²) >= 11 is 5.80. The van der Waals surface area contributed by atoms with Gasteiger partial charge in [-0.3, -0.25) is 9.48 Å². The standard InChI is InChI=1S/C15H18ClN3O/c1-10-14(11(2)19(3)18-10)15(20)17-9-13-6-4-5-12(7-13)8-16/h4-7H,8-9H2,1-3H3,(H,17,20). The van der Waals surface area contributed by atoms with Gasteiger partial charge in [-0.05, 0) is 25.0 Å². The van der Waals surface area contributed by atoms with Gasteiger partial charge < -0.3 is 5.32 Å². The van der Waals surface area contributed by atoms with E-state index in [1.165, 1.54) is 0 Å². The molecule has 106 valence electrons. The number of nitrogens with zero attached hydrogens (tertiary/aromatic N) is 2. The summed E-state index contributed by atoms with van der Waals surface area (Å²) in [6, 6.07) is 7.88. The van der Waals surface area contributed by atoms with Crippen molar-refractivity contribution >= 4 is 17.5 Å². The van der Waals surface area contributed by atoms with E-state index in [-0.39, 0.29) is 5.91 Å². The van der Waals surface area contributed by atoms with E-state index < -0.39 is 0 Å². The first-order valence-electron chi connectivity index (χ1n) is 6.45. The third kappa shape index (κ3) is 3.02. The molecule has 0 aliphatic carbocycles. The third-order valence-corrected chi connectivity index (χ3v) is 3.64. The Morgan fingerprint density at radius 2 is 2.05 bits per heavy atom. The van der Waals surface area contributed by atoms with Crippen molar-refractivity contribution in [2.24, 2.45) is 7.05 Å². The average Bonchev–Trinajstić information content (AvgIpc) is 2.70. The normalized spacial score (nSPS) is 10.6. The zero-order chi connectivity index (χ0) is 14.7. The van der Waals surface area contributed by atoms with Crippen molar-refractivity contribution in [1.29, 1.82) is 0 Å². The molecule has 0 atom stereocenters.